The molecule has 0 spiro atoms. The predicted octanol–water partition coefficient (Wildman–Crippen LogP) is 4.38. The molecule has 0 saturated heterocycles. The van der Waals surface area contributed by atoms with Crippen LogP contribution in [0.2, 0.25) is 0 Å². The second-order valence-corrected chi connectivity index (χ2v) is 9.84. The average Bonchev–Trinajstić information content (AvgIpc) is 3.17. The fraction of sp³-hybridized carbons (Fsp3) is 0.138. The molecule has 0 amide bonds. The molecule has 1 aromatic heterocycles. The first kappa shape index (κ1) is 22.4. The SMILES string of the molecule is CC(=O)Oc1cccc(/C=c2/sc3n(c2=O)[C@@H](c2ccc(F)cc2)C2=C(N=3)c3ccccc3CC2)c1. The molecule has 0 radical (unpaired) electrons. The van der Waals surface area contributed by atoms with Gasteiger partial charge < -0.3 is 4.74 Å². The lowest BCUT2D eigenvalue weighted by Crippen LogP contribution is -2.38. The molecule has 6 rings (SSSR count). The molecule has 4 aromatic rings. The van der Waals surface area contributed by atoms with E-state index in [1.165, 1.54) is 36.0 Å². The van der Waals surface area contributed by atoms with Crippen LogP contribution in [0.1, 0.15) is 41.6 Å². The Bertz CT molecular complexity index is 1730. The van der Waals surface area contributed by atoms with Gasteiger partial charge in [0.25, 0.3) is 5.56 Å². The third-order valence-corrected chi connectivity index (χ3v) is 7.46. The Kier molecular flexibility index (Phi) is 5.49. The second-order valence-electron chi connectivity index (χ2n) is 8.83. The first-order valence-electron chi connectivity index (χ1n) is 11.6. The minimum Gasteiger partial charge on any atom is -0.427 e. The minimum atomic E-state index is -0.406. The van der Waals surface area contributed by atoms with Crippen LogP contribution < -0.4 is 19.6 Å². The van der Waals surface area contributed by atoms with Crippen LogP contribution in [0, 0.1) is 5.82 Å². The fourth-order valence-corrected chi connectivity index (χ4v) is 5.95. The summed E-state index contributed by atoms with van der Waals surface area (Å²) in [6.07, 6.45) is 3.41. The number of rotatable bonds is 3. The van der Waals surface area contributed by atoms with Crippen LogP contribution in [0.25, 0.3) is 11.8 Å². The molecule has 2 aliphatic rings. The molecular weight excluding hydrogens is 475 g/mol. The highest BCUT2D eigenvalue weighted by Gasteiger charge is 2.32. The number of nitrogens with zero attached hydrogens (tertiary/aromatic N) is 2. The number of esters is 1. The summed E-state index contributed by atoms with van der Waals surface area (Å²) in [7, 11) is 0. The zero-order valence-corrected chi connectivity index (χ0v) is 20.2. The Morgan fingerprint density at radius 3 is 2.69 bits per heavy atom. The Morgan fingerprint density at radius 1 is 1.08 bits per heavy atom. The maximum atomic E-state index is 13.8. The lowest BCUT2D eigenvalue weighted by atomic mass is 9.83. The molecule has 5 nitrogen and oxygen atoms in total. The number of fused-ring (bicyclic) bond motifs is 3. The van der Waals surface area contributed by atoms with Gasteiger partial charge in [0.05, 0.1) is 16.3 Å². The Morgan fingerprint density at radius 2 is 1.89 bits per heavy atom. The Hall–Kier alpha value is -4.10. The number of aromatic nitrogens is 1. The van der Waals surface area contributed by atoms with Gasteiger partial charge in [-0.15, -0.1) is 0 Å². The molecule has 0 saturated carbocycles. The zero-order chi connectivity index (χ0) is 24.8. The van der Waals surface area contributed by atoms with Crippen molar-refractivity contribution in [2.75, 3.05) is 0 Å². The van der Waals surface area contributed by atoms with E-state index in [2.05, 4.69) is 12.1 Å². The van der Waals surface area contributed by atoms with Gasteiger partial charge in [0, 0.05) is 12.5 Å². The highest BCUT2D eigenvalue weighted by Crippen LogP contribution is 2.41. The number of carbonyl (C=O) groups is 1. The highest BCUT2D eigenvalue weighted by atomic mass is 32.1. The molecule has 1 aliphatic carbocycles. The normalized spacial score (nSPS) is 16.6. The van der Waals surface area contributed by atoms with Crippen molar-refractivity contribution < 1.29 is 13.9 Å². The summed E-state index contributed by atoms with van der Waals surface area (Å²) in [6.45, 7) is 1.35. The van der Waals surface area contributed by atoms with Gasteiger partial charge >= 0.3 is 5.97 Å². The number of thiazole rings is 1. The molecule has 2 heterocycles. The lowest BCUT2D eigenvalue weighted by Gasteiger charge is -2.30. The number of carbonyl (C=O) groups excluding carboxylic acids is 1. The van der Waals surface area contributed by atoms with Crippen LogP contribution in [0.4, 0.5) is 4.39 Å². The third kappa shape index (κ3) is 3.91. The quantitative estimate of drug-likeness (QED) is 0.312. The molecule has 3 aromatic carbocycles. The van der Waals surface area contributed by atoms with Gasteiger partial charge in [0.2, 0.25) is 0 Å². The van der Waals surface area contributed by atoms with Gasteiger partial charge in [-0.1, -0.05) is 59.9 Å². The van der Waals surface area contributed by atoms with Gasteiger partial charge in [0.15, 0.2) is 4.80 Å². The van der Waals surface area contributed by atoms with Crippen molar-refractivity contribution in [1.82, 2.24) is 4.57 Å². The van der Waals surface area contributed by atoms with Gasteiger partial charge in [-0.3, -0.25) is 14.2 Å². The number of hydrogen-bond donors (Lipinski definition) is 0. The monoisotopic (exact) mass is 496 g/mol. The van der Waals surface area contributed by atoms with Crippen molar-refractivity contribution in [3.8, 4) is 5.75 Å². The molecule has 0 N–H and O–H groups in total. The number of ether oxygens (including phenoxy) is 1. The molecule has 1 atom stereocenters. The summed E-state index contributed by atoms with van der Waals surface area (Å²) >= 11 is 1.32. The molecule has 0 bridgehead atoms. The summed E-state index contributed by atoms with van der Waals surface area (Å²) < 4.78 is 21.2. The van der Waals surface area contributed by atoms with E-state index in [1.54, 1.807) is 41.0 Å². The van der Waals surface area contributed by atoms with E-state index in [1.807, 2.05) is 18.2 Å². The summed E-state index contributed by atoms with van der Waals surface area (Å²) in [5, 5.41) is 0. The Balaban J connectivity index is 1.56. The maximum Gasteiger partial charge on any atom is 0.308 e. The van der Waals surface area contributed by atoms with Crippen LogP contribution in [-0.4, -0.2) is 10.5 Å². The van der Waals surface area contributed by atoms with Crippen molar-refractivity contribution in [3.05, 3.63) is 126 Å². The minimum absolute atomic E-state index is 0.156. The summed E-state index contributed by atoms with van der Waals surface area (Å²) in [6, 6.07) is 21.3. The van der Waals surface area contributed by atoms with Crippen LogP contribution in [-0.2, 0) is 11.2 Å². The van der Waals surface area contributed by atoms with E-state index in [9.17, 15) is 14.0 Å². The maximum absolute atomic E-state index is 13.8. The molecule has 0 fully saturated rings. The van der Waals surface area contributed by atoms with Gasteiger partial charge in [0.1, 0.15) is 11.6 Å². The fourth-order valence-electron chi connectivity index (χ4n) is 4.95. The summed E-state index contributed by atoms with van der Waals surface area (Å²) in [5.41, 5.74) is 5.72. The summed E-state index contributed by atoms with van der Waals surface area (Å²) in [4.78, 5) is 30.7. The molecular formula is C29H21FN2O3S. The molecule has 1 aliphatic heterocycles. The molecule has 0 unspecified atom stereocenters. The van der Waals surface area contributed by atoms with Crippen molar-refractivity contribution in [2.45, 2.75) is 25.8 Å². The predicted molar refractivity (Wildman–Crippen MR) is 137 cm³/mol. The van der Waals surface area contributed by atoms with E-state index in [-0.39, 0.29) is 17.4 Å². The average molecular weight is 497 g/mol. The van der Waals surface area contributed by atoms with Gasteiger partial charge in [-0.25, -0.2) is 9.38 Å². The highest BCUT2D eigenvalue weighted by molar-refractivity contribution is 7.07. The van der Waals surface area contributed by atoms with Crippen LogP contribution >= 0.6 is 11.3 Å². The van der Waals surface area contributed by atoms with Gasteiger partial charge in [-0.2, -0.15) is 0 Å². The second kappa shape index (κ2) is 8.84. The van der Waals surface area contributed by atoms with E-state index < -0.39 is 5.97 Å². The molecule has 7 heteroatoms. The molecule has 178 valence electrons. The summed E-state index contributed by atoms with van der Waals surface area (Å²) in [5.74, 6) is -0.306. The van der Waals surface area contributed by atoms with Crippen LogP contribution in [0.3, 0.4) is 0 Å². The standard InChI is InChI=1S/C29H21FN2O3S/c1-17(33)35-22-7-4-5-18(15-22)16-25-28(34)32-27(20-9-12-21(30)13-10-20)24-14-11-19-6-2-3-8-23(19)26(24)31-29(32)36-25/h2-10,12-13,15-16,27H,11,14H2,1H3/b25-16+/t27-/m0/s1. The van der Waals surface area contributed by atoms with Crippen LogP contribution in [0.15, 0.2) is 88.2 Å². The van der Waals surface area contributed by atoms with Crippen molar-refractivity contribution >= 4 is 29.1 Å². The smallest absolute Gasteiger partial charge is 0.308 e. The zero-order valence-electron chi connectivity index (χ0n) is 19.4. The first-order chi connectivity index (χ1) is 17.5. The third-order valence-electron chi connectivity index (χ3n) is 6.48. The topological polar surface area (TPSA) is 60.7 Å². The largest absolute Gasteiger partial charge is 0.427 e. The number of hydrogen-bond acceptors (Lipinski definition) is 5. The van der Waals surface area contributed by atoms with E-state index in [0.717, 1.165) is 40.8 Å². The number of allylic oxidation sites excluding steroid dienone is 1. The first-order valence-corrected chi connectivity index (χ1v) is 12.5. The molecule has 36 heavy (non-hydrogen) atoms. The van der Waals surface area contributed by atoms with E-state index in [0.29, 0.717) is 15.1 Å². The van der Waals surface area contributed by atoms with Crippen molar-refractivity contribution in [3.63, 3.8) is 0 Å². The number of benzene rings is 3. The Labute approximate surface area is 210 Å². The van der Waals surface area contributed by atoms with E-state index in [4.69, 9.17) is 9.73 Å². The lowest BCUT2D eigenvalue weighted by molar-refractivity contribution is -0.131. The number of aryl methyl sites for hydroxylation is 1. The number of halogens is 1. The van der Waals surface area contributed by atoms with Crippen LogP contribution in [0.5, 0.6) is 5.75 Å². The van der Waals surface area contributed by atoms with E-state index >= 15 is 0 Å². The van der Waals surface area contributed by atoms with Gasteiger partial charge in [-0.05, 0) is 65.4 Å². The van der Waals surface area contributed by atoms with Crippen molar-refractivity contribution in [1.29, 1.82) is 0 Å². The van der Waals surface area contributed by atoms with Crippen molar-refractivity contribution in [2.24, 2.45) is 4.99 Å².